The molecule has 2 aliphatic carbocycles. The van der Waals surface area contributed by atoms with Gasteiger partial charge in [0.15, 0.2) is 0 Å². The predicted octanol–water partition coefficient (Wildman–Crippen LogP) is 6.14. The molecule has 1 saturated heterocycles. The molecule has 0 aromatic heterocycles. The van der Waals surface area contributed by atoms with E-state index in [0.29, 0.717) is 30.6 Å². The monoisotopic (exact) mass is 645 g/mol. The second-order valence-corrected chi connectivity index (χ2v) is 14.3. The van der Waals surface area contributed by atoms with Crippen LogP contribution in [0, 0.1) is 24.7 Å². The molecule has 11 nitrogen and oxygen atoms in total. The molecule has 2 saturated carbocycles. The van der Waals surface area contributed by atoms with Crippen molar-refractivity contribution in [3.8, 4) is 0 Å². The Balaban J connectivity index is 1.34. The summed E-state index contributed by atoms with van der Waals surface area (Å²) in [4.78, 5) is 69.6. The number of carboxylic acid groups (broad SMARTS) is 1. The fourth-order valence-corrected chi connectivity index (χ4v) is 7.52. The van der Waals surface area contributed by atoms with Crippen molar-refractivity contribution in [3.05, 3.63) is 59.7 Å². The number of nitrogens with one attached hydrogen (secondary N) is 3. The van der Waals surface area contributed by atoms with Gasteiger partial charge in [-0.25, -0.2) is 14.5 Å². The summed E-state index contributed by atoms with van der Waals surface area (Å²) in [5, 5.41) is 18.3. The minimum Gasteiger partial charge on any atom is -0.481 e. The number of benzene rings is 2. The molecule has 1 heterocycles. The number of amides is 6. The fraction of sp³-hybridized carbons (Fsp3) is 0.528. The summed E-state index contributed by atoms with van der Waals surface area (Å²) >= 11 is 0. The Morgan fingerprint density at radius 2 is 1.62 bits per heavy atom. The molecule has 0 bridgehead atoms. The third-order valence-electron chi connectivity index (χ3n) is 10.0. The van der Waals surface area contributed by atoms with E-state index in [9.17, 15) is 29.1 Å². The van der Waals surface area contributed by atoms with E-state index in [-0.39, 0.29) is 49.1 Å². The lowest BCUT2D eigenvalue weighted by molar-refractivity contribution is -0.141. The molecule has 1 aliphatic heterocycles. The van der Waals surface area contributed by atoms with E-state index in [0.717, 1.165) is 28.9 Å². The van der Waals surface area contributed by atoms with Crippen LogP contribution in [0.2, 0.25) is 0 Å². The van der Waals surface area contributed by atoms with E-state index in [4.69, 9.17) is 0 Å². The topological polar surface area (TPSA) is 148 Å². The first-order valence-electron chi connectivity index (χ1n) is 16.7. The van der Waals surface area contributed by atoms with Crippen LogP contribution in [0.15, 0.2) is 48.5 Å². The van der Waals surface area contributed by atoms with Gasteiger partial charge in [-0.15, -0.1) is 0 Å². The molecular weight excluding hydrogens is 598 g/mol. The molecule has 4 N–H and O–H groups in total. The van der Waals surface area contributed by atoms with Crippen LogP contribution >= 0.6 is 0 Å². The summed E-state index contributed by atoms with van der Waals surface area (Å²) in [5.41, 5.74) is 1.10. The van der Waals surface area contributed by atoms with Gasteiger partial charge in [0, 0.05) is 17.9 Å². The number of carbonyl (C=O) groups excluding carboxylic acids is 4. The van der Waals surface area contributed by atoms with E-state index < -0.39 is 35.0 Å². The molecule has 2 aromatic carbocycles. The number of imide groups is 1. The van der Waals surface area contributed by atoms with Gasteiger partial charge in [0.05, 0.1) is 12.0 Å². The summed E-state index contributed by atoms with van der Waals surface area (Å²) < 4.78 is 0. The van der Waals surface area contributed by atoms with Gasteiger partial charge in [0.1, 0.15) is 11.6 Å². The summed E-state index contributed by atoms with van der Waals surface area (Å²) in [6.07, 6.45) is 3.23. The largest absolute Gasteiger partial charge is 0.481 e. The quantitative estimate of drug-likeness (QED) is 0.204. The number of carboxylic acids is 1. The molecule has 3 fully saturated rings. The fourth-order valence-electron chi connectivity index (χ4n) is 7.52. The number of hydrogen-bond donors (Lipinski definition) is 4. The van der Waals surface area contributed by atoms with E-state index in [1.54, 1.807) is 17.0 Å². The number of aliphatic carboxylic acids is 1. The maximum absolute atomic E-state index is 14.3. The Morgan fingerprint density at radius 3 is 2.19 bits per heavy atom. The Kier molecular flexibility index (Phi) is 9.65. The van der Waals surface area contributed by atoms with Gasteiger partial charge in [0.2, 0.25) is 5.91 Å². The van der Waals surface area contributed by atoms with Crippen LogP contribution in [0.5, 0.6) is 0 Å². The first kappa shape index (κ1) is 33.9. The number of urea groups is 2. The summed E-state index contributed by atoms with van der Waals surface area (Å²) in [6.45, 7) is 9.97. The molecule has 3 atom stereocenters. The van der Waals surface area contributed by atoms with E-state index >= 15 is 0 Å². The van der Waals surface area contributed by atoms with E-state index in [1.165, 1.54) is 0 Å². The summed E-state index contributed by atoms with van der Waals surface area (Å²) in [7, 11) is 0. The van der Waals surface area contributed by atoms with Crippen molar-refractivity contribution in [2.24, 2.45) is 17.8 Å². The van der Waals surface area contributed by atoms with Crippen LogP contribution in [0.3, 0.4) is 0 Å². The lowest BCUT2D eigenvalue weighted by Gasteiger charge is -2.31. The minimum atomic E-state index is -1.05. The van der Waals surface area contributed by atoms with Crippen LogP contribution in [0.25, 0.3) is 0 Å². The molecular formula is C36H47N5O6. The normalized spacial score (nSPS) is 22.2. The number of nitrogens with zero attached hydrogens (tertiary/aromatic N) is 2. The van der Waals surface area contributed by atoms with Crippen molar-refractivity contribution in [1.82, 2.24) is 15.1 Å². The Labute approximate surface area is 276 Å². The molecule has 3 aliphatic rings. The molecule has 11 heteroatoms. The van der Waals surface area contributed by atoms with Gasteiger partial charge in [-0.3, -0.25) is 14.4 Å². The number of anilines is 2. The van der Waals surface area contributed by atoms with E-state index in [1.807, 2.05) is 71.0 Å². The van der Waals surface area contributed by atoms with Crippen LogP contribution in [-0.4, -0.2) is 61.9 Å². The second-order valence-electron chi connectivity index (χ2n) is 14.3. The van der Waals surface area contributed by atoms with Crippen molar-refractivity contribution in [2.75, 3.05) is 10.6 Å². The van der Waals surface area contributed by atoms with Crippen molar-refractivity contribution >= 4 is 41.2 Å². The highest BCUT2D eigenvalue weighted by Crippen LogP contribution is 2.51. The smallest absolute Gasteiger partial charge is 0.328 e. The van der Waals surface area contributed by atoms with Gasteiger partial charge in [-0.05, 0) is 79.7 Å². The van der Waals surface area contributed by atoms with Gasteiger partial charge >= 0.3 is 18.0 Å². The number of carbonyl (C=O) groups is 5. The maximum atomic E-state index is 14.3. The standard InChI is InChI=1S/C36H47N5O6/c1-22(2)18-29(31(44)39-35(20-30(42)43)19-27(35)23(3)4)41-32(45)36(16-8-9-17-36)40(34(41)47)21-25-12-14-26(15-13-25)37-33(46)38-28-11-7-6-10-24(28)5/h6-7,10-15,22-23,27,29H,8-9,16-21H2,1-5H3,(H,39,44)(H,42,43)(H2,37,38,46)/t27?,29-,35?/m0/s1. The number of hydrogen-bond acceptors (Lipinski definition) is 5. The first-order valence-corrected chi connectivity index (χ1v) is 16.7. The highest BCUT2D eigenvalue weighted by atomic mass is 16.4. The molecule has 47 heavy (non-hydrogen) atoms. The SMILES string of the molecule is Cc1ccccc1NC(=O)Nc1ccc(CN2C(=O)N([C@@H](CC(C)C)C(=O)NC3(CC(=O)O)CC3C(C)C)C(=O)C23CCCC3)cc1. The molecule has 2 unspecified atom stereocenters. The van der Waals surface area contributed by atoms with E-state index in [2.05, 4.69) is 16.0 Å². The molecule has 252 valence electrons. The third kappa shape index (κ3) is 6.99. The second kappa shape index (κ2) is 13.4. The van der Waals surface area contributed by atoms with Crippen LogP contribution < -0.4 is 16.0 Å². The average molecular weight is 646 g/mol. The minimum absolute atomic E-state index is 0.00139. The van der Waals surface area contributed by atoms with Crippen molar-refractivity contribution < 1.29 is 29.1 Å². The highest BCUT2D eigenvalue weighted by Gasteiger charge is 2.62. The molecule has 5 rings (SSSR count). The number of para-hydroxylation sites is 1. The summed E-state index contributed by atoms with van der Waals surface area (Å²) in [6, 6.07) is 12.7. The van der Waals surface area contributed by atoms with Gasteiger partial charge in [-0.2, -0.15) is 0 Å². The van der Waals surface area contributed by atoms with Gasteiger partial charge in [-0.1, -0.05) is 70.9 Å². The zero-order valence-electron chi connectivity index (χ0n) is 28.0. The average Bonchev–Trinajstić information content (AvgIpc) is 3.38. The van der Waals surface area contributed by atoms with Crippen molar-refractivity contribution in [3.63, 3.8) is 0 Å². The van der Waals surface area contributed by atoms with Crippen LogP contribution in [0.1, 0.15) is 83.8 Å². The van der Waals surface area contributed by atoms with Gasteiger partial charge in [0.25, 0.3) is 5.91 Å². The number of aryl methyl sites for hydroxylation is 1. The van der Waals surface area contributed by atoms with Crippen LogP contribution in [-0.2, 0) is 20.9 Å². The highest BCUT2D eigenvalue weighted by molar-refractivity contribution is 6.10. The van der Waals surface area contributed by atoms with Crippen LogP contribution in [0.4, 0.5) is 21.0 Å². The Morgan fingerprint density at radius 1 is 0.957 bits per heavy atom. The number of rotatable bonds is 12. The molecule has 2 aromatic rings. The zero-order chi connectivity index (χ0) is 34.1. The maximum Gasteiger partial charge on any atom is 0.328 e. The lowest BCUT2D eigenvalue weighted by atomic mass is 9.93. The zero-order valence-corrected chi connectivity index (χ0v) is 28.0. The molecule has 1 spiro atoms. The molecule has 6 amide bonds. The molecule has 0 radical (unpaired) electrons. The predicted molar refractivity (Wildman–Crippen MR) is 179 cm³/mol. The van der Waals surface area contributed by atoms with Gasteiger partial charge < -0.3 is 26.0 Å². The Bertz CT molecular complexity index is 1530. The Hall–Kier alpha value is -4.41. The van der Waals surface area contributed by atoms with Crippen molar-refractivity contribution in [1.29, 1.82) is 0 Å². The first-order chi connectivity index (χ1) is 22.3. The lowest BCUT2D eigenvalue weighted by Crippen LogP contribution is -2.55. The van der Waals surface area contributed by atoms with Crippen molar-refractivity contribution in [2.45, 2.75) is 103 Å². The summed E-state index contributed by atoms with van der Waals surface area (Å²) in [5.74, 6) is -1.63. The third-order valence-corrected chi connectivity index (χ3v) is 10.0.